The van der Waals surface area contributed by atoms with Crippen molar-refractivity contribution in [3.05, 3.63) is 95.1 Å². The average molecular weight is 618 g/mol. The van der Waals surface area contributed by atoms with Crippen LogP contribution in [0.15, 0.2) is 72.8 Å². The van der Waals surface area contributed by atoms with Gasteiger partial charge in [0.15, 0.2) is 0 Å². The fourth-order valence-corrected chi connectivity index (χ4v) is 5.47. The number of aromatic nitrogens is 2. The van der Waals surface area contributed by atoms with Gasteiger partial charge in [-0.15, -0.1) is 0 Å². The first kappa shape index (κ1) is 32.1. The van der Waals surface area contributed by atoms with E-state index in [4.69, 9.17) is 9.72 Å². The number of alkyl halides is 2. The van der Waals surface area contributed by atoms with Crippen LogP contribution in [-0.2, 0) is 24.4 Å². The molecule has 0 radical (unpaired) electrons. The topological polar surface area (TPSA) is 88.5 Å². The molecule has 5 rings (SSSR count). The second-order valence-corrected chi connectivity index (χ2v) is 12.7. The standard InChI is InChI=1S/C35H41F2N5O3/c1-23(35(2,3)4)41(34(44)45-22-24-9-6-5-7-10-24)20-25-12-17-30-29(19-25)39-33(42(30)21-28-11-8-18-38-28)40-32(43)27-15-13-26(14-16-27)31(36)37/h5-7,9-10,12-17,19,23,28,31,38H,8,11,18,20-22H2,1-4H3,(H,39,40,43)/t23-,28?/m0/s1. The monoisotopic (exact) mass is 617 g/mol. The molecule has 1 unspecified atom stereocenters. The molecule has 1 fully saturated rings. The number of nitrogens with zero attached hydrogens (tertiary/aromatic N) is 3. The van der Waals surface area contributed by atoms with Crippen molar-refractivity contribution in [3.8, 4) is 0 Å². The summed E-state index contributed by atoms with van der Waals surface area (Å²) in [4.78, 5) is 33.1. The fourth-order valence-electron chi connectivity index (χ4n) is 5.47. The number of halogens is 2. The maximum Gasteiger partial charge on any atom is 0.410 e. The number of ether oxygens (including phenoxy) is 1. The van der Waals surface area contributed by atoms with Crippen molar-refractivity contribution in [2.24, 2.45) is 5.41 Å². The summed E-state index contributed by atoms with van der Waals surface area (Å²) in [5.74, 6) is -0.0562. The van der Waals surface area contributed by atoms with Crippen LogP contribution in [0.5, 0.6) is 0 Å². The maximum atomic E-state index is 13.4. The number of hydrogen-bond donors (Lipinski definition) is 2. The Balaban J connectivity index is 1.41. The summed E-state index contributed by atoms with van der Waals surface area (Å²) in [5, 5.41) is 6.40. The van der Waals surface area contributed by atoms with Crippen molar-refractivity contribution in [2.75, 3.05) is 11.9 Å². The van der Waals surface area contributed by atoms with Gasteiger partial charge in [-0.2, -0.15) is 0 Å². The summed E-state index contributed by atoms with van der Waals surface area (Å²) in [6, 6.07) is 20.9. The molecule has 10 heteroatoms. The van der Waals surface area contributed by atoms with E-state index >= 15 is 0 Å². The third-order valence-electron chi connectivity index (χ3n) is 8.54. The summed E-state index contributed by atoms with van der Waals surface area (Å²) in [5.41, 5.74) is 3.23. The minimum absolute atomic E-state index is 0.131. The first-order chi connectivity index (χ1) is 21.5. The van der Waals surface area contributed by atoms with Gasteiger partial charge in [0.1, 0.15) is 6.61 Å². The predicted molar refractivity (Wildman–Crippen MR) is 171 cm³/mol. The van der Waals surface area contributed by atoms with Crippen molar-refractivity contribution in [1.29, 1.82) is 0 Å². The van der Waals surface area contributed by atoms with E-state index in [1.54, 1.807) is 4.90 Å². The zero-order valence-corrected chi connectivity index (χ0v) is 26.2. The summed E-state index contributed by atoms with van der Waals surface area (Å²) >= 11 is 0. The molecule has 1 saturated heterocycles. The lowest BCUT2D eigenvalue weighted by molar-refractivity contribution is 0.0540. The van der Waals surface area contributed by atoms with Crippen LogP contribution in [0.3, 0.4) is 0 Å². The molecule has 0 spiro atoms. The second kappa shape index (κ2) is 13.8. The van der Waals surface area contributed by atoms with Crippen LogP contribution in [0.25, 0.3) is 11.0 Å². The first-order valence-corrected chi connectivity index (χ1v) is 15.4. The molecular weight excluding hydrogens is 576 g/mol. The van der Waals surface area contributed by atoms with Gasteiger partial charge in [-0.3, -0.25) is 10.1 Å². The molecule has 0 aliphatic carbocycles. The Morgan fingerprint density at radius 3 is 2.44 bits per heavy atom. The Labute approximate surface area is 262 Å². The van der Waals surface area contributed by atoms with Crippen molar-refractivity contribution in [2.45, 2.75) is 78.7 Å². The van der Waals surface area contributed by atoms with Gasteiger partial charge in [-0.25, -0.2) is 18.6 Å². The number of benzene rings is 3. The summed E-state index contributed by atoms with van der Waals surface area (Å²) in [6.45, 7) is 10.3. The van der Waals surface area contributed by atoms with E-state index in [0.717, 1.165) is 36.0 Å². The molecule has 1 aromatic heterocycles. The van der Waals surface area contributed by atoms with Crippen LogP contribution >= 0.6 is 0 Å². The largest absolute Gasteiger partial charge is 0.445 e. The van der Waals surface area contributed by atoms with Gasteiger partial charge in [0, 0.05) is 36.3 Å². The van der Waals surface area contributed by atoms with Gasteiger partial charge in [-0.1, -0.05) is 69.3 Å². The molecule has 3 aromatic carbocycles. The molecule has 1 aliphatic rings. The van der Waals surface area contributed by atoms with Crippen LogP contribution in [0.2, 0.25) is 0 Å². The van der Waals surface area contributed by atoms with Gasteiger partial charge >= 0.3 is 6.09 Å². The second-order valence-electron chi connectivity index (χ2n) is 12.7. The predicted octanol–water partition coefficient (Wildman–Crippen LogP) is 7.55. The third-order valence-corrected chi connectivity index (χ3v) is 8.54. The van der Waals surface area contributed by atoms with E-state index in [-0.39, 0.29) is 35.2 Å². The van der Waals surface area contributed by atoms with E-state index in [9.17, 15) is 18.4 Å². The number of rotatable bonds is 10. The summed E-state index contributed by atoms with van der Waals surface area (Å²) in [7, 11) is 0. The number of hydrogen-bond acceptors (Lipinski definition) is 5. The number of carbonyl (C=O) groups is 2. The average Bonchev–Trinajstić information content (AvgIpc) is 3.66. The minimum atomic E-state index is -2.60. The van der Waals surface area contributed by atoms with Gasteiger partial charge in [-0.05, 0) is 67.1 Å². The number of anilines is 1. The molecule has 2 amide bonds. The minimum Gasteiger partial charge on any atom is -0.445 e. The molecule has 238 valence electrons. The Bertz CT molecular complexity index is 1610. The number of carbonyl (C=O) groups excluding carboxylic acids is 2. The zero-order valence-electron chi connectivity index (χ0n) is 26.2. The van der Waals surface area contributed by atoms with Crippen LogP contribution in [-0.4, -0.2) is 45.1 Å². The van der Waals surface area contributed by atoms with Crippen LogP contribution in [0.4, 0.5) is 19.5 Å². The highest BCUT2D eigenvalue weighted by molar-refractivity contribution is 6.04. The normalized spacial score (nSPS) is 15.8. The van der Waals surface area contributed by atoms with Gasteiger partial charge < -0.3 is 19.5 Å². The first-order valence-electron chi connectivity index (χ1n) is 15.4. The molecular formula is C35H41F2N5O3. The zero-order chi connectivity index (χ0) is 32.1. The van der Waals surface area contributed by atoms with E-state index in [0.29, 0.717) is 24.6 Å². The van der Waals surface area contributed by atoms with Crippen LogP contribution < -0.4 is 10.6 Å². The third kappa shape index (κ3) is 7.86. The summed E-state index contributed by atoms with van der Waals surface area (Å²) in [6.07, 6.45) is -0.926. The van der Waals surface area contributed by atoms with Gasteiger partial charge in [0.2, 0.25) is 5.95 Å². The Morgan fingerprint density at radius 2 is 1.80 bits per heavy atom. The highest BCUT2D eigenvalue weighted by Crippen LogP contribution is 2.29. The maximum absolute atomic E-state index is 13.4. The van der Waals surface area contributed by atoms with E-state index < -0.39 is 18.4 Å². The molecule has 4 aromatic rings. The van der Waals surface area contributed by atoms with E-state index in [1.165, 1.54) is 24.3 Å². The Morgan fingerprint density at radius 1 is 1.07 bits per heavy atom. The number of imidazole rings is 1. The molecule has 2 heterocycles. The molecule has 45 heavy (non-hydrogen) atoms. The van der Waals surface area contributed by atoms with E-state index in [1.807, 2.05) is 60.0 Å². The lowest BCUT2D eigenvalue weighted by Gasteiger charge is -2.37. The molecule has 0 saturated carbocycles. The SMILES string of the molecule is C[C@H](N(Cc1ccc2c(c1)nc(NC(=O)c1ccc(C(F)F)cc1)n2CC1CCCN1)C(=O)OCc1ccccc1)C(C)(C)C. The highest BCUT2D eigenvalue weighted by atomic mass is 19.3. The van der Waals surface area contributed by atoms with Crippen molar-refractivity contribution < 1.29 is 23.1 Å². The number of nitrogens with one attached hydrogen (secondary N) is 2. The Kier molecular flexibility index (Phi) is 9.82. The summed E-state index contributed by atoms with van der Waals surface area (Å²) < 4.78 is 33.8. The van der Waals surface area contributed by atoms with Crippen LogP contribution in [0, 0.1) is 5.41 Å². The highest BCUT2D eigenvalue weighted by Gasteiger charge is 2.31. The Hall–Kier alpha value is -4.31. The van der Waals surface area contributed by atoms with Crippen molar-refractivity contribution >= 4 is 29.0 Å². The number of fused-ring (bicyclic) bond motifs is 1. The quantitative estimate of drug-likeness (QED) is 0.192. The lowest BCUT2D eigenvalue weighted by Crippen LogP contribution is -2.45. The van der Waals surface area contributed by atoms with Gasteiger partial charge in [0.05, 0.1) is 11.0 Å². The van der Waals surface area contributed by atoms with E-state index in [2.05, 4.69) is 31.4 Å². The van der Waals surface area contributed by atoms with Gasteiger partial charge in [0.25, 0.3) is 12.3 Å². The molecule has 2 N–H and O–H groups in total. The molecule has 1 aliphatic heterocycles. The molecule has 0 bridgehead atoms. The van der Waals surface area contributed by atoms with Crippen molar-refractivity contribution in [3.63, 3.8) is 0 Å². The fraction of sp³-hybridized carbons (Fsp3) is 0.400. The van der Waals surface area contributed by atoms with Crippen molar-refractivity contribution in [1.82, 2.24) is 19.8 Å². The molecule has 2 atom stereocenters. The van der Waals surface area contributed by atoms with Crippen LogP contribution in [0.1, 0.15) is 74.0 Å². The molecule has 8 nitrogen and oxygen atoms in total. The smallest absolute Gasteiger partial charge is 0.410 e. The lowest BCUT2D eigenvalue weighted by atomic mass is 9.87. The number of amides is 2.